The Morgan fingerprint density at radius 3 is 2.50 bits per heavy atom. The minimum absolute atomic E-state index is 0.263. The summed E-state index contributed by atoms with van der Waals surface area (Å²) in [7, 11) is 3.05. The Balaban J connectivity index is 1.95. The molecule has 7 nitrogen and oxygen atoms in total. The van der Waals surface area contributed by atoms with Crippen LogP contribution in [0, 0.1) is 0 Å². The monoisotopic (exact) mass is 417 g/mol. The molecule has 3 rings (SSSR count). The van der Waals surface area contributed by atoms with Gasteiger partial charge in [-0.15, -0.1) is 0 Å². The summed E-state index contributed by atoms with van der Waals surface area (Å²) in [5.74, 6) is -0.978. The summed E-state index contributed by atoms with van der Waals surface area (Å²) in [5.41, 5.74) is 0.680. The maximum atomic E-state index is 12.8. The molecule has 0 atom stereocenters. The number of aromatic carboxylic acids is 1. The first-order valence-corrected chi connectivity index (χ1v) is 9.14. The van der Waals surface area contributed by atoms with Crippen LogP contribution in [0.3, 0.4) is 0 Å². The van der Waals surface area contributed by atoms with Crippen molar-refractivity contribution in [2.75, 3.05) is 19.1 Å². The van der Waals surface area contributed by atoms with Crippen molar-refractivity contribution in [2.24, 2.45) is 0 Å². The Bertz CT molecular complexity index is 1020. The lowest BCUT2D eigenvalue weighted by Gasteiger charge is -2.15. The first kappa shape index (κ1) is 19.7. The third-order valence-electron chi connectivity index (χ3n) is 3.97. The molecule has 0 bridgehead atoms. The molecule has 2 aromatic carbocycles. The summed E-state index contributed by atoms with van der Waals surface area (Å²) >= 11 is 6.40. The quantitative estimate of drug-likeness (QED) is 0.564. The number of ether oxygens (including phenoxy) is 2. The molecule has 2 aromatic rings. The van der Waals surface area contributed by atoms with Crippen LogP contribution in [-0.4, -0.2) is 40.6 Å². The van der Waals surface area contributed by atoms with Crippen LogP contribution in [0.1, 0.15) is 15.9 Å². The summed E-state index contributed by atoms with van der Waals surface area (Å²) in [4.78, 5) is 25.7. The molecule has 9 heteroatoms. The predicted octanol–water partition coefficient (Wildman–Crippen LogP) is 3.51. The molecule has 1 aliphatic heterocycles. The second kappa shape index (κ2) is 7.91. The number of thiocarbonyl (C=S) groups is 1. The van der Waals surface area contributed by atoms with E-state index in [1.54, 1.807) is 24.3 Å². The fraction of sp³-hybridized carbons (Fsp3) is 0.105. The zero-order valence-electron chi connectivity index (χ0n) is 14.8. The van der Waals surface area contributed by atoms with Crippen LogP contribution >= 0.6 is 24.0 Å². The molecule has 0 aromatic heterocycles. The average molecular weight is 417 g/mol. The zero-order chi connectivity index (χ0) is 20.4. The number of benzene rings is 2. The first-order chi connectivity index (χ1) is 13.3. The number of carboxylic acid groups (broad SMARTS) is 1. The van der Waals surface area contributed by atoms with Gasteiger partial charge in [0.25, 0.3) is 5.91 Å². The highest BCUT2D eigenvalue weighted by atomic mass is 32.2. The molecule has 2 N–H and O–H groups in total. The van der Waals surface area contributed by atoms with E-state index in [-0.39, 0.29) is 27.2 Å². The number of methoxy groups -OCH3 is 2. The molecule has 1 fully saturated rings. The van der Waals surface area contributed by atoms with Gasteiger partial charge in [-0.1, -0.05) is 30.0 Å². The standard InChI is InChI=1S/C19H15NO6S2/c1-25-14-6-3-10(7-15(14)26-2)8-16-17(22)20(19(27)28-16)11-4-5-13(21)12(9-11)18(23)24/h3-9,21H,1-2H3,(H,23,24)/b16-8+. The van der Waals surface area contributed by atoms with Crippen molar-refractivity contribution in [3.63, 3.8) is 0 Å². The lowest BCUT2D eigenvalue weighted by molar-refractivity contribution is -0.113. The minimum Gasteiger partial charge on any atom is -0.507 e. The number of carbonyl (C=O) groups excluding carboxylic acids is 1. The zero-order valence-corrected chi connectivity index (χ0v) is 16.5. The maximum Gasteiger partial charge on any atom is 0.339 e. The van der Waals surface area contributed by atoms with Crippen molar-refractivity contribution in [2.45, 2.75) is 0 Å². The van der Waals surface area contributed by atoms with Crippen molar-refractivity contribution in [3.05, 3.63) is 52.4 Å². The lowest BCUT2D eigenvalue weighted by Crippen LogP contribution is -2.27. The number of thioether (sulfide) groups is 1. The van der Waals surface area contributed by atoms with E-state index < -0.39 is 5.97 Å². The SMILES string of the molecule is COc1ccc(/C=C2/SC(=S)N(c3ccc(O)c(C(=O)O)c3)C2=O)cc1OC. The predicted molar refractivity (Wildman–Crippen MR) is 110 cm³/mol. The van der Waals surface area contributed by atoms with Crippen molar-refractivity contribution in [3.8, 4) is 17.2 Å². The molecule has 0 radical (unpaired) electrons. The van der Waals surface area contributed by atoms with Gasteiger partial charge in [0, 0.05) is 0 Å². The third kappa shape index (κ3) is 3.67. The normalized spacial score (nSPS) is 15.2. The molecule has 0 spiro atoms. The summed E-state index contributed by atoms with van der Waals surface area (Å²) < 4.78 is 10.7. The highest BCUT2D eigenvalue weighted by molar-refractivity contribution is 8.27. The average Bonchev–Trinajstić information content (AvgIpc) is 2.95. The topological polar surface area (TPSA) is 96.3 Å². The van der Waals surface area contributed by atoms with Gasteiger partial charge in [-0.2, -0.15) is 0 Å². The van der Waals surface area contributed by atoms with Gasteiger partial charge in [0.1, 0.15) is 11.3 Å². The molecule has 0 saturated carbocycles. The van der Waals surface area contributed by atoms with Gasteiger partial charge in [-0.25, -0.2) is 4.79 Å². The lowest BCUT2D eigenvalue weighted by atomic mass is 10.1. The number of rotatable bonds is 5. The summed E-state index contributed by atoms with van der Waals surface area (Å²) in [6.45, 7) is 0. The smallest absolute Gasteiger partial charge is 0.339 e. The Morgan fingerprint density at radius 1 is 1.14 bits per heavy atom. The van der Waals surface area contributed by atoms with Gasteiger partial charge in [0.05, 0.1) is 24.8 Å². The molecule has 1 heterocycles. The van der Waals surface area contributed by atoms with Crippen LogP contribution in [-0.2, 0) is 4.79 Å². The number of carbonyl (C=O) groups is 2. The number of hydrogen-bond acceptors (Lipinski definition) is 7. The highest BCUT2D eigenvalue weighted by Crippen LogP contribution is 2.38. The van der Waals surface area contributed by atoms with Gasteiger partial charge >= 0.3 is 5.97 Å². The fourth-order valence-corrected chi connectivity index (χ4v) is 3.92. The highest BCUT2D eigenvalue weighted by Gasteiger charge is 2.34. The number of hydrogen-bond donors (Lipinski definition) is 2. The molecule has 0 aliphatic carbocycles. The molecular weight excluding hydrogens is 402 g/mol. The van der Waals surface area contributed by atoms with Gasteiger partial charge in [0.15, 0.2) is 15.8 Å². The molecule has 144 valence electrons. The van der Waals surface area contributed by atoms with Crippen molar-refractivity contribution in [1.29, 1.82) is 0 Å². The second-order valence-electron chi connectivity index (χ2n) is 5.64. The second-order valence-corrected chi connectivity index (χ2v) is 7.31. The van der Waals surface area contributed by atoms with E-state index in [0.717, 1.165) is 17.3 Å². The fourth-order valence-electron chi connectivity index (χ4n) is 2.62. The molecule has 0 unspecified atom stereocenters. The maximum absolute atomic E-state index is 12.8. The number of anilines is 1. The Kier molecular flexibility index (Phi) is 5.57. The van der Waals surface area contributed by atoms with E-state index in [1.807, 2.05) is 0 Å². The minimum atomic E-state index is -1.30. The van der Waals surface area contributed by atoms with Gasteiger partial charge in [0.2, 0.25) is 0 Å². The van der Waals surface area contributed by atoms with Crippen LogP contribution < -0.4 is 14.4 Å². The van der Waals surface area contributed by atoms with Crippen LogP contribution in [0.2, 0.25) is 0 Å². The molecule has 1 amide bonds. The summed E-state index contributed by atoms with van der Waals surface area (Å²) in [5, 5.41) is 18.8. The van der Waals surface area contributed by atoms with Crippen molar-refractivity contribution >= 4 is 51.9 Å². The van der Waals surface area contributed by atoms with E-state index in [2.05, 4.69) is 0 Å². The van der Waals surface area contributed by atoms with Crippen LogP contribution in [0.25, 0.3) is 6.08 Å². The molecular formula is C19H15NO6S2. The van der Waals surface area contributed by atoms with Crippen LogP contribution in [0.5, 0.6) is 17.2 Å². The largest absolute Gasteiger partial charge is 0.507 e. The van der Waals surface area contributed by atoms with Crippen LogP contribution in [0.4, 0.5) is 5.69 Å². The Labute approximate surface area is 170 Å². The first-order valence-electron chi connectivity index (χ1n) is 7.92. The number of aromatic hydroxyl groups is 1. The Hall–Kier alpha value is -3.04. The van der Waals surface area contributed by atoms with E-state index in [4.69, 9.17) is 26.8 Å². The van der Waals surface area contributed by atoms with Crippen LogP contribution in [0.15, 0.2) is 41.3 Å². The number of carboxylic acids is 1. The molecule has 1 saturated heterocycles. The number of nitrogens with zero attached hydrogens (tertiary/aromatic N) is 1. The molecule has 28 heavy (non-hydrogen) atoms. The molecule has 1 aliphatic rings. The summed E-state index contributed by atoms with van der Waals surface area (Å²) in [6, 6.07) is 9.10. The number of amides is 1. The number of phenols is 1. The van der Waals surface area contributed by atoms with E-state index in [9.17, 15) is 14.7 Å². The van der Waals surface area contributed by atoms with Gasteiger partial charge in [-0.05, 0) is 42.0 Å². The van der Waals surface area contributed by atoms with Gasteiger partial charge in [-0.3, -0.25) is 9.69 Å². The Morgan fingerprint density at radius 2 is 1.86 bits per heavy atom. The van der Waals surface area contributed by atoms with E-state index in [0.29, 0.717) is 16.4 Å². The third-order valence-corrected chi connectivity index (χ3v) is 5.27. The van der Waals surface area contributed by atoms with Crippen molar-refractivity contribution < 1.29 is 29.3 Å². The van der Waals surface area contributed by atoms with Gasteiger partial charge < -0.3 is 19.7 Å². The van der Waals surface area contributed by atoms with E-state index >= 15 is 0 Å². The summed E-state index contributed by atoms with van der Waals surface area (Å²) in [6.07, 6.45) is 1.67. The van der Waals surface area contributed by atoms with E-state index in [1.165, 1.54) is 37.3 Å². The van der Waals surface area contributed by atoms with Crippen molar-refractivity contribution in [1.82, 2.24) is 0 Å².